The van der Waals surface area contributed by atoms with Gasteiger partial charge in [-0.3, -0.25) is 4.98 Å². The Kier molecular flexibility index (Phi) is 2.90. The first kappa shape index (κ1) is 12.3. The zero-order valence-corrected chi connectivity index (χ0v) is 11.3. The van der Waals surface area contributed by atoms with Crippen molar-refractivity contribution in [3.05, 3.63) is 36.4 Å². The third-order valence-electron chi connectivity index (χ3n) is 3.08. The van der Waals surface area contributed by atoms with Crippen LogP contribution in [0.4, 0.5) is 11.6 Å². The van der Waals surface area contributed by atoms with Gasteiger partial charge in [0.25, 0.3) is 0 Å². The molecule has 0 saturated carbocycles. The monoisotopic (exact) mass is 266 g/mol. The van der Waals surface area contributed by atoms with Crippen molar-refractivity contribution in [2.45, 2.75) is 6.92 Å². The van der Waals surface area contributed by atoms with Crippen molar-refractivity contribution in [2.24, 2.45) is 0 Å². The smallest absolute Gasteiger partial charge is 0.224 e. The maximum absolute atomic E-state index is 5.80. The molecule has 0 fully saturated rings. The lowest BCUT2D eigenvalue weighted by Crippen LogP contribution is -1.97. The molecule has 0 aromatic carbocycles. The van der Waals surface area contributed by atoms with Crippen molar-refractivity contribution >= 4 is 22.7 Å². The predicted octanol–water partition coefficient (Wildman–Crippen LogP) is 2.02. The Hall–Kier alpha value is -2.76. The Balaban J connectivity index is 2.15. The van der Waals surface area contributed by atoms with Gasteiger partial charge >= 0.3 is 0 Å². The highest BCUT2D eigenvalue weighted by Gasteiger charge is 2.07. The molecule has 0 amide bonds. The number of nitrogen functional groups attached to an aromatic ring is 1. The summed E-state index contributed by atoms with van der Waals surface area (Å²) >= 11 is 0. The average molecular weight is 266 g/mol. The second kappa shape index (κ2) is 4.73. The maximum atomic E-state index is 5.80. The Bertz CT molecular complexity index is 784. The first-order valence-electron chi connectivity index (χ1n) is 6.20. The number of hydrogen-bond acceptors (Lipinski definition) is 6. The normalized spacial score (nSPS) is 10.7. The van der Waals surface area contributed by atoms with E-state index in [9.17, 15) is 0 Å². The van der Waals surface area contributed by atoms with Crippen LogP contribution in [-0.2, 0) is 0 Å². The number of nitrogens with zero attached hydrogens (tertiary/aromatic N) is 4. The Labute approximate surface area is 116 Å². The summed E-state index contributed by atoms with van der Waals surface area (Å²) in [6, 6.07) is 3.89. The zero-order valence-electron chi connectivity index (χ0n) is 11.3. The molecule has 6 heteroatoms. The summed E-state index contributed by atoms with van der Waals surface area (Å²) in [6.07, 6.45) is 5.17. The number of nitrogens with one attached hydrogen (secondary N) is 1. The SMILES string of the molecule is CNc1ncc2cc(-c3cc(N)cnc3C)cnc2n1. The molecule has 0 spiro atoms. The van der Waals surface area contributed by atoms with E-state index in [2.05, 4.69) is 25.3 Å². The lowest BCUT2D eigenvalue weighted by Gasteiger charge is -2.07. The molecule has 0 atom stereocenters. The van der Waals surface area contributed by atoms with Crippen LogP contribution in [0.5, 0.6) is 0 Å². The van der Waals surface area contributed by atoms with Crippen LogP contribution in [0, 0.1) is 6.92 Å². The number of rotatable bonds is 2. The van der Waals surface area contributed by atoms with Crippen LogP contribution in [0.2, 0.25) is 0 Å². The second-order valence-electron chi connectivity index (χ2n) is 4.48. The topological polar surface area (TPSA) is 89.6 Å². The largest absolute Gasteiger partial charge is 0.397 e. The Morgan fingerprint density at radius 1 is 1.05 bits per heavy atom. The van der Waals surface area contributed by atoms with E-state index in [-0.39, 0.29) is 0 Å². The number of nitrogens with two attached hydrogens (primary N) is 1. The van der Waals surface area contributed by atoms with Crippen molar-refractivity contribution in [3.63, 3.8) is 0 Å². The third kappa shape index (κ3) is 2.11. The minimum Gasteiger partial charge on any atom is -0.397 e. The van der Waals surface area contributed by atoms with E-state index in [4.69, 9.17) is 5.73 Å². The standard InChI is InChI=1S/C14H14N6/c1-8-12(4-11(15)7-17-8)9-3-10-6-19-14(16-2)20-13(10)18-5-9/h3-7H,15H2,1-2H3,(H,16,18,19,20). The molecular weight excluding hydrogens is 252 g/mol. The first-order valence-corrected chi connectivity index (χ1v) is 6.20. The zero-order chi connectivity index (χ0) is 14.1. The lowest BCUT2D eigenvalue weighted by molar-refractivity contribution is 1.16. The van der Waals surface area contributed by atoms with Gasteiger partial charge in [0.05, 0.1) is 11.9 Å². The van der Waals surface area contributed by atoms with Gasteiger partial charge in [0.1, 0.15) is 0 Å². The van der Waals surface area contributed by atoms with Crippen LogP contribution in [0.1, 0.15) is 5.69 Å². The van der Waals surface area contributed by atoms with Gasteiger partial charge in [0, 0.05) is 41.6 Å². The van der Waals surface area contributed by atoms with Crippen molar-refractivity contribution < 1.29 is 0 Å². The third-order valence-corrected chi connectivity index (χ3v) is 3.08. The van der Waals surface area contributed by atoms with Crippen molar-refractivity contribution in [2.75, 3.05) is 18.1 Å². The highest BCUT2D eigenvalue weighted by Crippen LogP contribution is 2.25. The van der Waals surface area contributed by atoms with Crippen LogP contribution in [0.3, 0.4) is 0 Å². The van der Waals surface area contributed by atoms with Crippen LogP contribution >= 0.6 is 0 Å². The lowest BCUT2D eigenvalue weighted by atomic mass is 10.1. The van der Waals surface area contributed by atoms with Crippen molar-refractivity contribution in [1.29, 1.82) is 0 Å². The van der Waals surface area contributed by atoms with E-state index in [0.717, 1.165) is 22.2 Å². The van der Waals surface area contributed by atoms with E-state index in [1.165, 1.54) is 0 Å². The molecular formula is C14H14N6. The fourth-order valence-corrected chi connectivity index (χ4v) is 2.03. The van der Waals surface area contributed by atoms with E-state index in [1.54, 1.807) is 25.6 Å². The van der Waals surface area contributed by atoms with Crippen LogP contribution in [0.15, 0.2) is 30.7 Å². The summed E-state index contributed by atoms with van der Waals surface area (Å²) in [5, 5.41) is 3.77. The molecule has 0 bridgehead atoms. The van der Waals surface area contributed by atoms with Crippen molar-refractivity contribution in [1.82, 2.24) is 19.9 Å². The van der Waals surface area contributed by atoms with Gasteiger partial charge in [0.2, 0.25) is 5.95 Å². The van der Waals surface area contributed by atoms with E-state index < -0.39 is 0 Å². The van der Waals surface area contributed by atoms with Crippen LogP contribution < -0.4 is 11.1 Å². The molecule has 0 aliphatic carbocycles. The molecule has 0 saturated heterocycles. The molecule has 3 aromatic rings. The van der Waals surface area contributed by atoms with Gasteiger partial charge in [-0.05, 0) is 19.1 Å². The molecule has 100 valence electrons. The molecule has 0 unspecified atom stereocenters. The summed E-state index contributed by atoms with van der Waals surface area (Å²) in [5.41, 5.74) is 9.92. The Morgan fingerprint density at radius 2 is 1.90 bits per heavy atom. The minimum absolute atomic E-state index is 0.555. The molecule has 0 aliphatic rings. The number of aryl methyl sites for hydroxylation is 1. The Morgan fingerprint density at radius 3 is 2.70 bits per heavy atom. The molecule has 3 rings (SSSR count). The van der Waals surface area contributed by atoms with Gasteiger partial charge in [0.15, 0.2) is 5.65 Å². The summed E-state index contributed by atoms with van der Waals surface area (Å²) in [5.74, 6) is 0.555. The van der Waals surface area contributed by atoms with Gasteiger partial charge in [-0.15, -0.1) is 0 Å². The summed E-state index contributed by atoms with van der Waals surface area (Å²) < 4.78 is 0. The molecule has 3 heterocycles. The molecule has 0 radical (unpaired) electrons. The van der Waals surface area contributed by atoms with Gasteiger partial charge in [-0.2, -0.15) is 4.98 Å². The molecule has 6 nitrogen and oxygen atoms in total. The fourth-order valence-electron chi connectivity index (χ4n) is 2.03. The van der Waals surface area contributed by atoms with Crippen LogP contribution in [-0.4, -0.2) is 27.0 Å². The number of anilines is 2. The predicted molar refractivity (Wildman–Crippen MR) is 79.3 cm³/mol. The van der Waals surface area contributed by atoms with Gasteiger partial charge in [-0.25, -0.2) is 9.97 Å². The quantitative estimate of drug-likeness (QED) is 0.737. The van der Waals surface area contributed by atoms with Gasteiger partial charge in [-0.1, -0.05) is 0 Å². The number of hydrogen-bond donors (Lipinski definition) is 2. The first-order chi connectivity index (χ1) is 9.67. The number of pyridine rings is 2. The maximum Gasteiger partial charge on any atom is 0.224 e. The van der Waals surface area contributed by atoms with Crippen LogP contribution in [0.25, 0.3) is 22.2 Å². The summed E-state index contributed by atoms with van der Waals surface area (Å²) in [4.78, 5) is 17.1. The summed E-state index contributed by atoms with van der Waals surface area (Å²) in [6.45, 7) is 1.94. The molecule has 20 heavy (non-hydrogen) atoms. The highest BCUT2D eigenvalue weighted by molar-refractivity contribution is 5.81. The fraction of sp³-hybridized carbons (Fsp3) is 0.143. The summed E-state index contributed by atoms with van der Waals surface area (Å²) in [7, 11) is 1.78. The number of fused-ring (bicyclic) bond motifs is 1. The van der Waals surface area contributed by atoms with Crippen molar-refractivity contribution in [3.8, 4) is 11.1 Å². The number of aromatic nitrogens is 4. The average Bonchev–Trinajstić information content (AvgIpc) is 2.48. The molecule has 3 N–H and O–H groups in total. The second-order valence-corrected chi connectivity index (χ2v) is 4.48. The van der Waals surface area contributed by atoms with Gasteiger partial charge < -0.3 is 11.1 Å². The van der Waals surface area contributed by atoms with E-state index in [0.29, 0.717) is 17.3 Å². The highest BCUT2D eigenvalue weighted by atomic mass is 15.1. The molecule has 3 aromatic heterocycles. The van der Waals surface area contributed by atoms with E-state index >= 15 is 0 Å². The van der Waals surface area contributed by atoms with E-state index in [1.807, 2.05) is 19.1 Å². The minimum atomic E-state index is 0.555. The molecule has 0 aliphatic heterocycles.